The van der Waals surface area contributed by atoms with Gasteiger partial charge in [-0.2, -0.15) is 0 Å². The van der Waals surface area contributed by atoms with Crippen LogP contribution in [0.4, 0.5) is 20.2 Å². The molecule has 0 radical (unpaired) electrons. The van der Waals surface area contributed by atoms with Crippen LogP contribution >= 0.6 is 24.8 Å². The smallest absolute Gasteiger partial charge is 0.246 e. The fourth-order valence-electron chi connectivity index (χ4n) is 4.11. The summed E-state index contributed by atoms with van der Waals surface area (Å²) in [7, 11) is 0. The van der Waals surface area contributed by atoms with E-state index in [1.807, 2.05) is 9.80 Å². The van der Waals surface area contributed by atoms with Gasteiger partial charge in [-0.15, -0.1) is 24.8 Å². The van der Waals surface area contributed by atoms with Crippen molar-refractivity contribution < 1.29 is 18.4 Å². The summed E-state index contributed by atoms with van der Waals surface area (Å²) < 4.78 is 27.9. The quantitative estimate of drug-likeness (QED) is 0.589. The predicted molar refractivity (Wildman–Crippen MR) is 134 cm³/mol. The minimum absolute atomic E-state index is 0. The Morgan fingerprint density at radius 3 is 1.24 bits per heavy atom. The van der Waals surface area contributed by atoms with Gasteiger partial charge in [-0.1, -0.05) is 24.3 Å². The number of carbonyl (C=O) groups excluding carboxylic acids is 2. The first-order chi connectivity index (χ1) is 15.5. The highest BCUT2D eigenvalue weighted by Crippen LogP contribution is 2.21. The lowest BCUT2D eigenvalue weighted by atomic mass is 10.2. The maximum absolute atomic E-state index is 14.0. The summed E-state index contributed by atoms with van der Waals surface area (Å²) in [4.78, 5) is 32.2. The van der Waals surface area contributed by atoms with E-state index < -0.39 is 0 Å². The van der Waals surface area contributed by atoms with Crippen molar-refractivity contribution in [3.05, 3.63) is 72.3 Å². The third-order valence-corrected chi connectivity index (χ3v) is 5.94. The van der Waals surface area contributed by atoms with Crippen molar-refractivity contribution in [2.45, 2.75) is 0 Å². The lowest BCUT2D eigenvalue weighted by Crippen LogP contribution is -2.49. The van der Waals surface area contributed by atoms with Crippen molar-refractivity contribution >= 4 is 48.0 Å². The molecule has 0 aliphatic carbocycles. The number of rotatable bonds is 4. The number of hydrogen-bond acceptors (Lipinski definition) is 4. The Morgan fingerprint density at radius 1 is 0.588 bits per heavy atom. The number of halogens is 4. The second-order valence-electron chi connectivity index (χ2n) is 7.86. The van der Waals surface area contributed by atoms with Crippen LogP contribution < -0.4 is 9.80 Å². The van der Waals surface area contributed by atoms with Gasteiger partial charge in [-0.05, 0) is 24.3 Å². The van der Waals surface area contributed by atoms with Gasteiger partial charge in [0.05, 0.1) is 11.4 Å². The fourth-order valence-corrected chi connectivity index (χ4v) is 4.11. The van der Waals surface area contributed by atoms with Gasteiger partial charge in [0.25, 0.3) is 0 Å². The number of carbonyl (C=O) groups is 2. The Bertz CT molecular complexity index is 928. The zero-order valence-electron chi connectivity index (χ0n) is 18.6. The Labute approximate surface area is 210 Å². The van der Waals surface area contributed by atoms with Gasteiger partial charge in [0.15, 0.2) is 0 Å². The predicted octanol–water partition coefficient (Wildman–Crippen LogP) is 3.36. The van der Waals surface area contributed by atoms with Crippen molar-refractivity contribution in [3.63, 3.8) is 0 Å². The van der Waals surface area contributed by atoms with Gasteiger partial charge in [-0.3, -0.25) is 9.59 Å². The zero-order valence-corrected chi connectivity index (χ0v) is 20.2. The molecule has 2 fully saturated rings. The molecule has 2 heterocycles. The molecule has 0 unspecified atom stereocenters. The molecule has 0 saturated carbocycles. The molecule has 2 aromatic rings. The van der Waals surface area contributed by atoms with E-state index >= 15 is 0 Å². The second-order valence-corrected chi connectivity index (χ2v) is 7.86. The second kappa shape index (κ2) is 12.6. The normalized spacial score (nSPS) is 16.2. The van der Waals surface area contributed by atoms with Gasteiger partial charge >= 0.3 is 0 Å². The monoisotopic (exact) mass is 512 g/mol. The molecule has 2 amide bonds. The van der Waals surface area contributed by atoms with Crippen LogP contribution in [0.5, 0.6) is 0 Å². The van der Waals surface area contributed by atoms with E-state index in [4.69, 9.17) is 0 Å². The fraction of sp³-hybridized carbons (Fsp3) is 0.333. The maximum atomic E-state index is 14.0. The van der Waals surface area contributed by atoms with Crippen LogP contribution in [0, 0.1) is 11.6 Å². The van der Waals surface area contributed by atoms with E-state index in [2.05, 4.69) is 0 Å². The first-order valence-corrected chi connectivity index (χ1v) is 10.8. The van der Waals surface area contributed by atoms with Crippen LogP contribution in [-0.4, -0.2) is 74.0 Å². The van der Waals surface area contributed by atoms with Gasteiger partial charge in [0.1, 0.15) is 11.6 Å². The number of piperazine rings is 2. The van der Waals surface area contributed by atoms with Crippen LogP contribution in [0.25, 0.3) is 0 Å². The summed E-state index contributed by atoms with van der Waals surface area (Å²) in [6.45, 7) is 4.00. The molecule has 34 heavy (non-hydrogen) atoms. The molecule has 0 N–H and O–H groups in total. The Morgan fingerprint density at radius 2 is 0.912 bits per heavy atom. The van der Waals surface area contributed by atoms with Crippen molar-refractivity contribution in [2.24, 2.45) is 0 Å². The molecule has 2 saturated heterocycles. The van der Waals surface area contributed by atoms with E-state index in [1.54, 1.807) is 46.2 Å². The molecule has 184 valence electrons. The van der Waals surface area contributed by atoms with E-state index in [0.717, 1.165) is 0 Å². The van der Waals surface area contributed by atoms with Crippen LogP contribution in [0.1, 0.15) is 0 Å². The highest BCUT2D eigenvalue weighted by molar-refractivity contribution is 5.97. The average molecular weight is 513 g/mol. The molecular weight excluding hydrogens is 485 g/mol. The molecule has 6 nitrogen and oxygen atoms in total. The molecule has 4 rings (SSSR count). The largest absolute Gasteiger partial charge is 0.366 e. The third kappa shape index (κ3) is 6.39. The van der Waals surface area contributed by atoms with Crippen molar-refractivity contribution in [1.82, 2.24) is 9.80 Å². The number of anilines is 2. The van der Waals surface area contributed by atoms with Crippen LogP contribution in [-0.2, 0) is 9.59 Å². The number of benzene rings is 2. The number of amides is 2. The molecule has 0 atom stereocenters. The first kappa shape index (κ1) is 27.4. The van der Waals surface area contributed by atoms with Gasteiger partial charge in [-0.25, -0.2) is 8.78 Å². The Balaban J connectivity index is 0.00000204. The summed E-state index contributed by atoms with van der Waals surface area (Å²) >= 11 is 0. The highest BCUT2D eigenvalue weighted by Gasteiger charge is 2.23. The minimum Gasteiger partial charge on any atom is -0.366 e. The molecule has 10 heteroatoms. The number of para-hydroxylation sites is 2. The molecule has 2 aliphatic heterocycles. The van der Waals surface area contributed by atoms with Gasteiger partial charge in [0, 0.05) is 64.5 Å². The first-order valence-electron chi connectivity index (χ1n) is 10.8. The molecule has 0 bridgehead atoms. The van der Waals surface area contributed by atoms with Gasteiger partial charge < -0.3 is 19.6 Å². The van der Waals surface area contributed by atoms with Crippen LogP contribution in [0.15, 0.2) is 60.7 Å². The standard InChI is InChI=1S/C24H26F2N4O2.2ClH/c25-19-5-1-3-7-21(19)27-11-15-29(16-12-27)23(31)9-10-24(32)30-17-13-28(14-18-30)22-8-4-2-6-20(22)26;;/h1-10H,11-18H2;2*1H. The lowest BCUT2D eigenvalue weighted by Gasteiger charge is -2.36. The maximum Gasteiger partial charge on any atom is 0.246 e. The molecule has 0 aromatic heterocycles. The highest BCUT2D eigenvalue weighted by atomic mass is 35.5. The van der Waals surface area contributed by atoms with E-state index in [0.29, 0.717) is 63.7 Å². The molecule has 2 aromatic carbocycles. The topological polar surface area (TPSA) is 47.1 Å². The number of hydrogen-bond donors (Lipinski definition) is 0. The summed E-state index contributed by atoms with van der Waals surface area (Å²) in [6.07, 6.45) is 2.62. The molecule has 2 aliphatic rings. The van der Waals surface area contributed by atoms with Crippen LogP contribution in [0.3, 0.4) is 0 Å². The van der Waals surface area contributed by atoms with Crippen molar-refractivity contribution in [1.29, 1.82) is 0 Å². The zero-order chi connectivity index (χ0) is 22.5. The molecular formula is C24H28Cl2F2N4O2. The van der Waals surface area contributed by atoms with Crippen LogP contribution in [0.2, 0.25) is 0 Å². The lowest BCUT2D eigenvalue weighted by molar-refractivity contribution is -0.128. The Kier molecular flexibility index (Phi) is 10.1. The minimum atomic E-state index is -0.270. The van der Waals surface area contributed by atoms with Crippen molar-refractivity contribution in [3.8, 4) is 0 Å². The molecule has 0 spiro atoms. The Hall–Kier alpha value is -2.84. The van der Waals surface area contributed by atoms with E-state index in [-0.39, 0.29) is 48.3 Å². The summed E-state index contributed by atoms with van der Waals surface area (Å²) in [5, 5.41) is 0. The summed E-state index contributed by atoms with van der Waals surface area (Å²) in [5.74, 6) is -0.992. The average Bonchev–Trinajstić information content (AvgIpc) is 2.83. The number of nitrogens with zero attached hydrogens (tertiary/aromatic N) is 4. The van der Waals surface area contributed by atoms with Gasteiger partial charge in [0.2, 0.25) is 11.8 Å². The van der Waals surface area contributed by atoms with E-state index in [9.17, 15) is 18.4 Å². The van der Waals surface area contributed by atoms with E-state index in [1.165, 1.54) is 24.3 Å². The summed E-state index contributed by atoms with van der Waals surface area (Å²) in [5.41, 5.74) is 1.08. The SMILES string of the molecule is Cl.Cl.O=C(C=CC(=O)N1CCN(c2ccccc2F)CC1)N1CCN(c2ccccc2F)CC1. The summed E-state index contributed by atoms with van der Waals surface area (Å²) in [6, 6.07) is 13.2. The third-order valence-electron chi connectivity index (χ3n) is 5.94. The van der Waals surface area contributed by atoms with Crippen molar-refractivity contribution in [2.75, 3.05) is 62.2 Å².